The van der Waals surface area contributed by atoms with E-state index in [4.69, 9.17) is 0 Å². The first-order chi connectivity index (χ1) is 6.41. The summed E-state index contributed by atoms with van der Waals surface area (Å²) in [4.78, 5) is 0. The van der Waals surface area contributed by atoms with Gasteiger partial charge in [0.1, 0.15) is 0 Å². The molecule has 0 fully saturated rings. The van der Waals surface area contributed by atoms with E-state index in [0.29, 0.717) is 0 Å². The van der Waals surface area contributed by atoms with Gasteiger partial charge < -0.3 is 5.32 Å². The molecule has 0 aliphatic heterocycles. The van der Waals surface area contributed by atoms with Crippen molar-refractivity contribution in [3.05, 3.63) is 12.2 Å². The van der Waals surface area contributed by atoms with Gasteiger partial charge in [-0.1, -0.05) is 51.7 Å². The quantitative estimate of drug-likeness (QED) is 0.426. The van der Waals surface area contributed by atoms with E-state index in [1.54, 1.807) is 0 Å². The summed E-state index contributed by atoms with van der Waals surface area (Å²) >= 11 is 0. The van der Waals surface area contributed by atoms with Crippen molar-refractivity contribution in [3.8, 4) is 0 Å². The zero-order valence-corrected chi connectivity index (χ0v) is 9.31. The highest BCUT2D eigenvalue weighted by Crippen LogP contribution is 1.96. The number of allylic oxidation sites excluding steroid dienone is 1. The van der Waals surface area contributed by atoms with Gasteiger partial charge in [0.2, 0.25) is 0 Å². The summed E-state index contributed by atoms with van der Waals surface area (Å²) < 4.78 is 0. The third kappa shape index (κ3) is 11.7. The van der Waals surface area contributed by atoms with Crippen molar-refractivity contribution in [3.63, 3.8) is 0 Å². The molecule has 13 heavy (non-hydrogen) atoms. The van der Waals surface area contributed by atoms with E-state index in [1.807, 2.05) is 0 Å². The van der Waals surface area contributed by atoms with E-state index in [-0.39, 0.29) is 0 Å². The smallest absolute Gasteiger partial charge is 0.0134 e. The van der Waals surface area contributed by atoms with Gasteiger partial charge >= 0.3 is 0 Å². The molecule has 0 radical (unpaired) electrons. The average molecular weight is 183 g/mol. The highest BCUT2D eigenvalue weighted by molar-refractivity contribution is 4.82. The van der Waals surface area contributed by atoms with Gasteiger partial charge in [0.05, 0.1) is 0 Å². The van der Waals surface area contributed by atoms with Crippen molar-refractivity contribution in [2.45, 2.75) is 52.4 Å². The lowest BCUT2D eigenvalue weighted by Gasteiger charge is -2.00. The van der Waals surface area contributed by atoms with Crippen LogP contribution < -0.4 is 5.32 Å². The first-order valence-electron chi connectivity index (χ1n) is 5.77. The molecule has 0 atom stereocenters. The largest absolute Gasteiger partial charge is 0.313 e. The minimum absolute atomic E-state index is 1.05. The Bertz CT molecular complexity index is 108. The fourth-order valence-corrected chi connectivity index (χ4v) is 1.23. The van der Waals surface area contributed by atoms with Gasteiger partial charge in [0.15, 0.2) is 0 Å². The Balaban J connectivity index is 2.91. The van der Waals surface area contributed by atoms with Crippen LogP contribution in [0.25, 0.3) is 0 Å². The molecular formula is C12H25N. The number of hydrogen-bond donors (Lipinski definition) is 1. The topological polar surface area (TPSA) is 12.0 Å². The molecule has 0 aromatic rings. The molecule has 0 unspecified atom stereocenters. The molecule has 0 saturated heterocycles. The highest BCUT2D eigenvalue weighted by Gasteiger charge is 1.85. The summed E-state index contributed by atoms with van der Waals surface area (Å²) in [5.41, 5.74) is 0. The Morgan fingerprint density at radius 3 is 2.46 bits per heavy atom. The standard InChI is InChI=1S/C12H25N/c1-3-5-7-9-11-13-12-10-8-6-4-2/h7,9,13H,3-6,8,10-12H2,1-2H3. The van der Waals surface area contributed by atoms with Gasteiger partial charge in [-0.05, 0) is 19.4 Å². The minimum Gasteiger partial charge on any atom is -0.313 e. The van der Waals surface area contributed by atoms with Crippen molar-refractivity contribution < 1.29 is 0 Å². The fourth-order valence-electron chi connectivity index (χ4n) is 1.23. The fraction of sp³-hybridized carbons (Fsp3) is 0.833. The summed E-state index contributed by atoms with van der Waals surface area (Å²) in [6.45, 7) is 6.69. The van der Waals surface area contributed by atoms with Gasteiger partial charge in [0.25, 0.3) is 0 Å². The summed E-state index contributed by atoms with van der Waals surface area (Å²) in [5.74, 6) is 0. The van der Waals surface area contributed by atoms with E-state index < -0.39 is 0 Å². The van der Waals surface area contributed by atoms with E-state index >= 15 is 0 Å². The van der Waals surface area contributed by atoms with Crippen LogP contribution in [0.5, 0.6) is 0 Å². The van der Waals surface area contributed by atoms with E-state index in [2.05, 4.69) is 31.3 Å². The molecule has 0 aliphatic carbocycles. The predicted molar refractivity (Wildman–Crippen MR) is 61.1 cm³/mol. The summed E-state index contributed by atoms with van der Waals surface area (Å²) in [7, 11) is 0. The second-order valence-electron chi connectivity index (χ2n) is 3.52. The van der Waals surface area contributed by atoms with Crippen LogP contribution >= 0.6 is 0 Å². The van der Waals surface area contributed by atoms with Crippen molar-refractivity contribution in [2.75, 3.05) is 13.1 Å². The first-order valence-corrected chi connectivity index (χ1v) is 5.77. The van der Waals surface area contributed by atoms with Crippen molar-refractivity contribution >= 4 is 0 Å². The van der Waals surface area contributed by atoms with Gasteiger partial charge in [-0.3, -0.25) is 0 Å². The Morgan fingerprint density at radius 2 is 1.77 bits per heavy atom. The van der Waals surface area contributed by atoms with Gasteiger partial charge in [0, 0.05) is 6.54 Å². The van der Waals surface area contributed by atoms with Crippen LogP contribution in [-0.2, 0) is 0 Å². The highest BCUT2D eigenvalue weighted by atomic mass is 14.8. The van der Waals surface area contributed by atoms with Crippen LogP contribution in [-0.4, -0.2) is 13.1 Å². The second-order valence-corrected chi connectivity index (χ2v) is 3.52. The normalized spacial score (nSPS) is 11.2. The van der Waals surface area contributed by atoms with Crippen molar-refractivity contribution in [2.24, 2.45) is 0 Å². The number of nitrogens with one attached hydrogen (secondary N) is 1. The van der Waals surface area contributed by atoms with E-state index in [1.165, 1.54) is 45.1 Å². The van der Waals surface area contributed by atoms with Crippen LogP contribution in [0, 0.1) is 0 Å². The van der Waals surface area contributed by atoms with E-state index in [0.717, 1.165) is 6.54 Å². The lowest BCUT2D eigenvalue weighted by Crippen LogP contribution is -2.14. The van der Waals surface area contributed by atoms with Crippen LogP contribution in [0.3, 0.4) is 0 Å². The van der Waals surface area contributed by atoms with Crippen LogP contribution in [0.4, 0.5) is 0 Å². The molecule has 0 spiro atoms. The number of hydrogen-bond acceptors (Lipinski definition) is 1. The molecule has 1 heteroatoms. The molecule has 0 aliphatic rings. The summed E-state index contributed by atoms with van der Waals surface area (Å²) in [6, 6.07) is 0. The first kappa shape index (κ1) is 12.7. The van der Waals surface area contributed by atoms with Gasteiger partial charge in [-0.15, -0.1) is 0 Å². The molecule has 0 saturated carbocycles. The Labute approximate surface area is 83.6 Å². The molecule has 0 amide bonds. The van der Waals surface area contributed by atoms with Gasteiger partial charge in [-0.25, -0.2) is 0 Å². The molecule has 0 bridgehead atoms. The minimum atomic E-state index is 1.05. The maximum atomic E-state index is 3.42. The lowest BCUT2D eigenvalue weighted by molar-refractivity contribution is 0.620. The van der Waals surface area contributed by atoms with E-state index in [9.17, 15) is 0 Å². The van der Waals surface area contributed by atoms with Crippen LogP contribution in [0.1, 0.15) is 52.4 Å². The maximum absolute atomic E-state index is 3.42. The zero-order chi connectivity index (χ0) is 9.78. The summed E-state index contributed by atoms with van der Waals surface area (Å²) in [6.07, 6.45) is 12.4. The molecule has 1 nitrogen and oxygen atoms in total. The number of rotatable bonds is 9. The second kappa shape index (κ2) is 11.7. The maximum Gasteiger partial charge on any atom is 0.0134 e. The van der Waals surface area contributed by atoms with Gasteiger partial charge in [-0.2, -0.15) is 0 Å². The average Bonchev–Trinajstić information content (AvgIpc) is 2.16. The third-order valence-corrected chi connectivity index (χ3v) is 2.09. The molecule has 78 valence electrons. The van der Waals surface area contributed by atoms with Crippen molar-refractivity contribution in [1.29, 1.82) is 0 Å². The summed E-state index contributed by atoms with van der Waals surface area (Å²) in [5, 5.41) is 3.42. The zero-order valence-electron chi connectivity index (χ0n) is 9.31. The van der Waals surface area contributed by atoms with Crippen molar-refractivity contribution in [1.82, 2.24) is 5.32 Å². The third-order valence-electron chi connectivity index (χ3n) is 2.09. The lowest BCUT2D eigenvalue weighted by atomic mass is 10.2. The molecule has 0 aromatic carbocycles. The molecule has 0 aromatic heterocycles. The van der Waals surface area contributed by atoms with Crippen LogP contribution in [0.2, 0.25) is 0 Å². The molecule has 0 rings (SSSR count). The molecule has 0 heterocycles. The Hall–Kier alpha value is -0.300. The Kier molecular flexibility index (Phi) is 11.4. The predicted octanol–water partition coefficient (Wildman–Crippen LogP) is 3.51. The van der Waals surface area contributed by atoms with Crippen LogP contribution in [0.15, 0.2) is 12.2 Å². The molecular weight excluding hydrogens is 158 g/mol. The SMILES string of the molecule is CCCC=CCNCCCCCC. The number of unbranched alkanes of at least 4 members (excludes halogenated alkanes) is 4. The monoisotopic (exact) mass is 183 g/mol. The molecule has 1 N–H and O–H groups in total. The Morgan fingerprint density at radius 1 is 0.923 bits per heavy atom.